The van der Waals surface area contributed by atoms with Crippen LogP contribution < -0.4 is 5.73 Å². The minimum Gasteiger partial charge on any atom is -0.330 e. The van der Waals surface area contributed by atoms with Gasteiger partial charge in [0.2, 0.25) is 0 Å². The maximum atomic E-state index is 5.85. The third-order valence-corrected chi connectivity index (χ3v) is 5.37. The minimum absolute atomic E-state index is 0.246. The lowest BCUT2D eigenvalue weighted by Crippen LogP contribution is -2.20. The normalized spacial score (nSPS) is 24.4. The Kier molecular flexibility index (Phi) is 4.39. The quantitative estimate of drug-likeness (QED) is 0.884. The SMILES string of the molecule is CC(C)(C)c1ccc(SC2CCCC2CN)cc1. The van der Waals surface area contributed by atoms with Gasteiger partial charge in [-0.15, -0.1) is 11.8 Å². The first-order chi connectivity index (χ1) is 8.50. The predicted octanol–water partition coefficient (Wildman–Crippen LogP) is 4.20. The van der Waals surface area contributed by atoms with Gasteiger partial charge in [0.1, 0.15) is 0 Å². The number of hydrogen-bond acceptors (Lipinski definition) is 2. The van der Waals surface area contributed by atoms with Crippen LogP contribution >= 0.6 is 11.8 Å². The van der Waals surface area contributed by atoms with Gasteiger partial charge in [-0.1, -0.05) is 39.3 Å². The molecular weight excluding hydrogens is 238 g/mol. The Morgan fingerprint density at radius 2 is 1.83 bits per heavy atom. The Morgan fingerprint density at radius 1 is 1.17 bits per heavy atom. The lowest BCUT2D eigenvalue weighted by atomic mass is 9.87. The third-order valence-electron chi connectivity index (χ3n) is 3.90. The van der Waals surface area contributed by atoms with Gasteiger partial charge in [-0.3, -0.25) is 0 Å². The molecule has 0 heterocycles. The summed E-state index contributed by atoms with van der Waals surface area (Å²) in [5, 5.41) is 0.732. The first-order valence-electron chi connectivity index (χ1n) is 6.98. The van der Waals surface area contributed by atoms with E-state index in [0.717, 1.165) is 17.7 Å². The van der Waals surface area contributed by atoms with E-state index in [1.54, 1.807) is 0 Å². The fourth-order valence-corrected chi connectivity index (χ4v) is 4.00. The van der Waals surface area contributed by atoms with Gasteiger partial charge in [-0.2, -0.15) is 0 Å². The van der Waals surface area contributed by atoms with Crippen LogP contribution in [-0.4, -0.2) is 11.8 Å². The average molecular weight is 263 g/mol. The van der Waals surface area contributed by atoms with Crippen molar-refractivity contribution in [3.8, 4) is 0 Å². The molecule has 2 rings (SSSR count). The smallest absolute Gasteiger partial charge is 0.0135 e. The summed E-state index contributed by atoms with van der Waals surface area (Å²) in [7, 11) is 0. The molecule has 0 bridgehead atoms. The molecule has 2 atom stereocenters. The molecule has 0 amide bonds. The summed E-state index contributed by atoms with van der Waals surface area (Å²) in [4.78, 5) is 1.40. The van der Waals surface area contributed by atoms with E-state index >= 15 is 0 Å². The Balaban J connectivity index is 2.02. The Hall–Kier alpha value is -0.470. The highest BCUT2D eigenvalue weighted by Gasteiger charge is 2.26. The molecule has 1 aliphatic rings. The van der Waals surface area contributed by atoms with Crippen molar-refractivity contribution in [2.24, 2.45) is 11.7 Å². The zero-order valence-electron chi connectivity index (χ0n) is 11.8. The Labute approximate surface area is 116 Å². The van der Waals surface area contributed by atoms with Gasteiger partial charge in [0.15, 0.2) is 0 Å². The van der Waals surface area contributed by atoms with Crippen molar-refractivity contribution in [1.29, 1.82) is 0 Å². The monoisotopic (exact) mass is 263 g/mol. The summed E-state index contributed by atoms with van der Waals surface area (Å²) in [6.07, 6.45) is 3.99. The van der Waals surface area contributed by atoms with Crippen LogP contribution in [0.5, 0.6) is 0 Å². The Bertz CT molecular complexity index is 377. The zero-order valence-corrected chi connectivity index (χ0v) is 12.6. The summed E-state index contributed by atoms with van der Waals surface area (Å²) < 4.78 is 0. The summed E-state index contributed by atoms with van der Waals surface area (Å²) in [5.74, 6) is 0.720. The fraction of sp³-hybridized carbons (Fsp3) is 0.625. The molecule has 0 radical (unpaired) electrons. The number of benzene rings is 1. The summed E-state index contributed by atoms with van der Waals surface area (Å²) in [6, 6.07) is 9.10. The standard InChI is InChI=1S/C16H25NS/c1-16(2,3)13-7-9-14(10-8-13)18-15-6-4-5-12(15)11-17/h7-10,12,15H,4-6,11,17H2,1-3H3. The van der Waals surface area contributed by atoms with Crippen molar-refractivity contribution in [1.82, 2.24) is 0 Å². The molecule has 0 saturated heterocycles. The molecule has 2 unspecified atom stereocenters. The van der Waals surface area contributed by atoms with Crippen LogP contribution in [0, 0.1) is 5.92 Å². The molecular formula is C16H25NS. The van der Waals surface area contributed by atoms with Crippen LogP contribution in [0.25, 0.3) is 0 Å². The lowest BCUT2D eigenvalue weighted by molar-refractivity contribution is 0.573. The van der Waals surface area contributed by atoms with E-state index in [0.29, 0.717) is 0 Å². The van der Waals surface area contributed by atoms with Gasteiger partial charge < -0.3 is 5.73 Å². The van der Waals surface area contributed by atoms with Crippen LogP contribution in [0.4, 0.5) is 0 Å². The first-order valence-corrected chi connectivity index (χ1v) is 7.86. The molecule has 1 nitrogen and oxygen atoms in total. The first kappa shape index (κ1) is 14.0. The van der Waals surface area contributed by atoms with E-state index in [1.165, 1.54) is 29.7 Å². The van der Waals surface area contributed by atoms with Crippen LogP contribution in [0.15, 0.2) is 29.2 Å². The summed E-state index contributed by atoms with van der Waals surface area (Å²) in [5.41, 5.74) is 7.50. The minimum atomic E-state index is 0.246. The zero-order chi connectivity index (χ0) is 13.2. The number of hydrogen-bond donors (Lipinski definition) is 1. The second-order valence-corrected chi connectivity index (χ2v) is 7.67. The highest BCUT2D eigenvalue weighted by molar-refractivity contribution is 8.00. The number of nitrogens with two attached hydrogens (primary N) is 1. The second-order valence-electron chi connectivity index (χ2n) is 6.36. The predicted molar refractivity (Wildman–Crippen MR) is 81.2 cm³/mol. The molecule has 1 aliphatic carbocycles. The van der Waals surface area contributed by atoms with E-state index in [4.69, 9.17) is 5.73 Å². The van der Waals surface area contributed by atoms with Gasteiger partial charge in [0.25, 0.3) is 0 Å². The number of thioether (sulfide) groups is 1. The molecule has 0 aliphatic heterocycles. The number of rotatable bonds is 3. The van der Waals surface area contributed by atoms with E-state index in [2.05, 4.69) is 45.0 Å². The topological polar surface area (TPSA) is 26.0 Å². The molecule has 1 saturated carbocycles. The van der Waals surface area contributed by atoms with Crippen molar-refractivity contribution in [3.63, 3.8) is 0 Å². The maximum Gasteiger partial charge on any atom is 0.0135 e. The summed E-state index contributed by atoms with van der Waals surface area (Å²) in [6.45, 7) is 7.63. The Morgan fingerprint density at radius 3 is 2.39 bits per heavy atom. The van der Waals surface area contributed by atoms with Crippen molar-refractivity contribution < 1.29 is 0 Å². The highest BCUT2D eigenvalue weighted by atomic mass is 32.2. The van der Waals surface area contributed by atoms with Crippen LogP contribution in [0.1, 0.15) is 45.6 Å². The van der Waals surface area contributed by atoms with E-state index in [-0.39, 0.29) is 5.41 Å². The van der Waals surface area contributed by atoms with Gasteiger partial charge >= 0.3 is 0 Å². The lowest BCUT2D eigenvalue weighted by Gasteiger charge is -2.20. The molecule has 1 aromatic carbocycles. The van der Waals surface area contributed by atoms with Gasteiger partial charge in [-0.25, -0.2) is 0 Å². The average Bonchev–Trinajstić information content (AvgIpc) is 2.76. The highest BCUT2D eigenvalue weighted by Crippen LogP contribution is 2.38. The van der Waals surface area contributed by atoms with Gasteiger partial charge in [-0.05, 0) is 48.4 Å². The van der Waals surface area contributed by atoms with Crippen molar-refractivity contribution in [3.05, 3.63) is 29.8 Å². The molecule has 0 aromatic heterocycles. The van der Waals surface area contributed by atoms with Crippen molar-refractivity contribution in [2.45, 2.75) is 55.6 Å². The molecule has 1 fully saturated rings. The molecule has 0 spiro atoms. The molecule has 100 valence electrons. The molecule has 18 heavy (non-hydrogen) atoms. The van der Waals surface area contributed by atoms with Crippen molar-refractivity contribution in [2.75, 3.05) is 6.54 Å². The largest absolute Gasteiger partial charge is 0.330 e. The van der Waals surface area contributed by atoms with E-state index in [1.807, 2.05) is 11.8 Å². The van der Waals surface area contributed by atoms with Crippen LogP contribution in [0.3, 0.4) is 0 Å². The van der Waals surface area contributed by atoms with Crippen molar-refractivity contribution >= 4 is 11.8 Å². The fourth-order valence-electron chi connectivity index (χ4n) is 2.64. The second kappa shape index (κ2) is 5.66. The third kappa shape index (κ3) is 3.30. The molecule has 1 aromatic rings. The molecule has 2 N–H and O–H groups in total. The van der Waals surface area contributed by atoms with Gasteiger partial charge in [0, 0.05) is 10.1 Å². The van der Waals surface area contributed by atoms with E-state index in [9.17, 15) is 0 Å². The van der Waals surface area contributed by atoms with Crippen LogP contribution in [0.2, 0.25) is 0 Å². The van der Waals surface area contributed by atoms with Crippen LogP contribution in [-0.2, 0) is 5.41 Å². The van der Waals surface area contributed by atoms with E-state index < -0.39 is 0 Å². The summed E-state index contributed by atoms with van der Waals surface area (Å²) >= 11 is 2.02. The van der Waals surface area contributed by atoms with Gasteiger partial charge in [0.05, 0.1) is 0 Å². The molecule has 2 heteroatoms. The maximum absolute atomic E-state index is 5.85.